The molecule has 0 aliphatic rings. The van der Waals surface area contributed by atoms with Gasteiger partial charge in [-0.1, -0.05) is 19.9 Å². The van der Waals surface area contributed by atoms with Gasteiger partial charge in [0.2, 0.25) is 0 Å². The zero-order valence-corrected chi connectivity index (χ0v) is 5.78. The summed E-state index contributed by atoms with van der Waals surface area (Å²) >= 11 is 0. The molecular weight excluding hydrogens is 98.1 g/mol. The summed E-state index contributed by atoms with van der Waals surface area (Å²) in [6.45, 7) is 10.0. The molecule has 0 amide bonds. The van der Waals surface area contributed by atoms with Crippen molar-refractivity contribution < 1.29 is 0 Å². The normalized spacial score (nSPS) is 13.2. The van der Waals surface area contributed by atoms with Crippen LogP contribution in [-0.4, -0.2) is 13.1 Å². The summed E-state index contributed by atoms with van der Waals surface area (Å²) in [7, 11) is 0. The van der Waals surface area contributed by atoms with Crippen molar-refractivity contribution in [2.24, 2.45) is 5.92 Å². The Labute approximate surface area is 51.8 Å². The second kappa shape index (κ2) is 4.85. The first-order valence-corrected chi connectivity index (χ1v) is 3.14. The molecule has 0 saturated heterocycles. The zero-order valence-electron chi connectivity index (χ0n) is 5.78. The average molecular weight is 113 g/mol. The van der Waals surface area contributed by atoms with E-state index < -0.39 is 0 Å². The molecule has 0 heterocycles. The fourth-order valence-corrected chi connectivity index (χ4v) is 0.455. The van der Waals surface area contributed by atoms with E-state index in [0.717, 1.165) is 13.1 Å². The lowest BCUT2D eigenvalue weighted by atomic mass is 10.2. The predicted molar refractivity (Wildman–Crippen MR) is 37.9 cm³/mol. The quantitative estimate of drug-likeness (QED) is 0.544. The average Bonchev–Trinajstić information content (AvgIpc) is 1.83. The summed E-state index contributed by atoms with van der Waals surface area (Å²) in [5, 5.41) is 3.23. The van der Waals surface area contributed by atoms with Gasteiger partial charge in [0.05, 0.1) is 0 Å². The van der Waals surface area contributed by atoms with E-state index in [4.69, 9.17) is 0 Å². The van der Waals surface area contributed by atoms with Gasteiger partial charge in [-0.2, -0.15) is 0 Å². The first-order chi connectivity index (χ1) is 3.81. The lowest BCUT2D eigenvalue weighted by Gasteiger charge is -2.03. The third kappa shape index (κ3) is 3.88. The number of nitrogens with one attached hydrogen (secondary N) is 1. The van der Waals surface area contributed by atoms with E-state index >= 15 is 0 Å². The van der Waals surface area contributed by atoms with Gasteiger partial charge >= 0.3 is 0 Å². The van der Waals surface area contributed by atoms with E-state index in [9.17, 15) is 0 Å². The second-order valence-electron chi connectivity index (χ2n) is 2.02. The van der Waals surface area contributed by atoms with Crippen LogP contribution >= 0.6 is 0 Å². The molecule has 0 saturated carbocycles. The van der Waals surface area contributed by atoms with E-state index in [0.29, 0.717) is 5.92 Å². The van der Waals surface area contributed by atoms with E-state index in [2.05, 4.69) is 25.7 Å². The highest BCUT2D eigenvalue weighted by atomic mass is 14.8. The Morgan fingerprint density at radius 1 is 1.75 bits per heavy atom. The Hall–Kier alpha value is -0.300. The molecule has 0 bridgehead atoms. The predicted octanol–water partition coefficient (Wildman–Crippen LogP) is 1.42. The van der Waals surface area contributed by atoms with E-state index in [-0.39, 0.29) is 0 Å². The topological polar surface area (TPSA) is 12.0 Å². The molecule has 0 aliphatic carbocycles. The maximum Gasteiger partial charge on any atom is 0.00113 e. The maximum atomic E-state index is 3.67. The van der Waals surface area contributed by atoms with Crippen LogP contribution in [0.15, 0.2) is 12.7 Å². The van der Waals surface area contributed by atoms with Crippen LogP contribution in [0.3, 0.4) is 0 Å². The summed E-state index contributed by atoms with van der Waals surface area (Å²) in [5.41, 5.74) is 0. The Balaban J connectivity index is 2.98. The van der Waals surface area contributed by atoms with Gasteiger partial charge in [0, 0.05) is 6.54 Å². The van der Waals surface area contributed by atoms with Gasteiger partial charge in [-0.3, -0.25) is 0 Å². The fourth-order valence-electron chi connectivity index (χ4n) is 0.455. The molecule has 0 spiro atoms. The van der Waals surface area contributed by atoms with Crippen molar-refractivity contribution in [1.82, 2.24) is 5.32 Å². The van der Waals surface area contributed by atoms with E-state index in [1.165, 1.54) is 0 Å². The molecule has 0 unspecified atom stereocenters. The highest BCUT2D eigenvalue weighted by molar-refractivity contribution is 4.75. The van der Waals surface area contributed by atoms with Gasteiger partial charge in [-0.05, 0) is 12.5 Å². The van der Waals surface area contributed by atoms with Crippen LogP contribution in [-0.2, 0) is 0 Å². The fraction of sp³-hybridized carbons (Fsp3) is 0.714. The van der Waals surface area contributed by atoms with Crippen molar-refractivity contribution in [2.75, 3.05) is 13.1 Å². The van der Waals surface area contributed by atoms with Crippen LogP contribution < -0.4 is 5.32 Å². The summed E-state index contributed by atoms with van der Waals surface area (Å²) in [6.07, 6.45) is 1.96. The minimum atomic E-state index is 0.606. The van der Waals surface area contributed by atoms with E-state index in [1.807, 2.05) is 6.08 Å². The second-order valence-corrected chi connectivity index (χ2v) is 2.02. The van der Waals surface area contributed by atoms with Gasteiger partial charge in [0.15, 0.2) is 0 Å². The molecule has 0 aromatic heterocycles. The molecule has 1 nitrogen and oxygen atoms in total. The van der Waals surface area contributed by atoms with Crippen molar-refractivity contribution in [3.05, 3.63) is 12.7 Å². The Bertz CT molecular complexity index is 59.4. The van der Waals surface area contributed by atoms with Crippen LogP contribution in [0.25, 0.3) is 0 Å². The van der Waals surface area contributed by atoms with Crippen molar-refractivity contribution in [3.8, 4) is 0 Å². The largest absolute Gasteiger partial charge is 0.316 e. The number of rotatable bonds is 4. The van der Waals surface area contributed by atoms with Crippen LogP contribution in [0.4, 0.5) is 0 Å². The first-order valence-electron chi connectivity index (χ1n) is 3.14. The monoisotopic (exact) mass is 113 g/mol. The zero-order chi connectivity index (χ0) is 6.41. The molecule has 1 heteroatoms. The molecule has 8 heavy (non-hydrogen) atoms. The molecule has 0 radical (unpaired) electrons. The molecule has 0 aliphatic heterocycles. The Morgan fingerprint density at radius 2 is 2.38 bits per heavy atom. The number of hydrogen-bond acceptors (Lipinski definition) is 1. The molecule has 0 fully saturated rings. The summed E-state index contributed by atoms with van der Waals surface area (Å²) in [6, 6.07) is 0. The minimum Gasteiger partial charge on any atom is -0.316 e. The Kier molecular flexibility index (Phi) is 4.67. The SMILES string of the molecule is C=C[C@H](C)CNCC. The Morgan fingerprint density at radius 3 is 2.75 bits per heavy atom. The smallest absolute Gasteiger partial charge is 0.00113 e. The highest BCUT2D eigenvalue weighted by Gasteiger charge is 1.90. The van der Waals surface area contributed by atoms with Gasteiger partial charge < -0.3 is 5.32 Å². The molecule has 1 N–H and O–H groups in total. The van der Waals surface area contributed by atoms with Crippen molar-refractivity contribution in [3.63, 3.8) is 0 Å². The molecule has 0 aromatic carbocycles. The van der Waals surface area contributed by atoms with Gasteiger partial charge in [0.1, 0.15) is 0 Å². The molecular formula is C7H15N. The van der Waals surface area contributed by atoms with Crippen LogP contribution in [0.2, 0.25) is 0 Å². The summed E-state index contributed by atoms with van der Waals surface area (Å²) < 4.78 is 0. The molecule has 0 rings (SSSR count). The van der Waals surface area contributed by atoms with Crippen molar-refractivity contribution in [2.45, 2.75) is 13.8 Å². The van der Waals surface area contributed by atoms with Crippen LogP contribution in [0, 0.1) is 5.92 Å². The van der Waals surface area contributed by atoms with Crippen LogP contribution in [0.5, 0.6) is 0 Å². The third-order valence-electron chi connectivity index (χ3n) is 1.12. The molecule has 0 aromatic rings. The van der Waals surface area contributed by atoms with Crippen LogP contribution in [0.1, 0.15) is 13.8 Å². The first kappa shape index (κ1) is 7.70. The number of hydrogen-bond donors (Lipinski definition) is 1. The lowest BCUT2D eigenvalue weighted by molar-refractivity contribution is 0.612. The standard InChI is InChI=1S/C7H15N/c1-4-7(3)6-8-5-2/h4,7-8H,1,5-6H2,2-3H3/t7-/m0/s1. The van der Waals surface area contributed by atoms with Gasteiger partial charge in [-0.15, -0.1) is 6.58 Å². The highest BCUT2D eigenvalue weighted by Crippen LogP contribution is 1.90. The maximum absolute atomic E-state index is 3.67. The third-order valence-corrected chi connectivity index (χ3v) is 1.12. The lowest BCUT2D eigenvalue weighted by Crippen LogP contribution is -2.18. The van der Waals surface area contributed by atoms with Crippen molar-refractivity contribution in [1.29, 1.82) is 0 Å². The van der Waals surface area contributed by atoms with Gasteiger partial charge in [0.25, 0.3) is 0 Å². The minimum absolute atomic E-state index is 0.606. The van der Waals surface area contributed by atoms with E-state index in [1.54, 1.807) is 0 Å². The van der Waals surface area contributed by atoms with Gasteiger partial charge in [-0.25, -0.2) is 0 Å². The molecule has 1 atom stereocenters. The summed E-state index contributed by atoms with van der Waals surface area (Å²) in [5.74, 6) is 0.606. The summed E-state index contributed by atoms with van der Waals surface area (Å²) in [4.78, 5) is 0. The van der Waals surface area contributed by atoms with Crippen molar-refractivity contribution >= 4 is 0 Å². The molecule has 48 valence electrons.